The van der Waals surface area contributed by atoms with Crippen LogP contribution in [0.5, 0.6) is 5.88 Å². The minimum absolute atomic E-state index is 0.0125. The van der Waals surface area contributed by atoms with Crippen molar-refractivity contribution in [1.29, 1.82) is 0 Å². The van der Waals surface area contributed by atoms with E-state index in [9.17, 15) is 4.79 Å². The van der Waals surface area contributed by atoms with E-state index in [1.54, 1.807) is 18.3 Å². The Kier molecular flexibility index (Phi) is 5.43. The maximum Gasteiger partial charge on any atom is 0.377 e. The molecule has 0 unspecified atom stereocenters. The van der Waals surface area contributed by atoms with Crippen molar-refractivity contribution < 1.29 is 14.3 Å². The predicted molar refractivity (Wildman–Crippen MR) is 94.1 cm³/mol. The summed E-state index contributed by atoms with van der Waals surface area (Å²) in [5.74, 6) is -0.185. The van der Waals surface area contributed by atoms with Gasteiger partial charge in [-0.25, -0.2) is 24.4 Å². The molecule has 0 aliphatic rings. The summed E-state index contributed by atoms with van der Waals surface area (Å²) in [5, 5.41) is 4.66. The third-order valence-corrected chi connectivity index (χ3v) is 3.63. The molecule has 134 valence electrons. The largest absolute Gasteiger partial charge is 0.476 e. The van der Waals surface area contributed by atoms with Crippen LogP contribution in [-0.4, -0.2) is 44.4 Å². The number of benzene rings is 1. The van der Waals surface area contributed by atoms with E-state index in [2.05, 4.69) is 24.8 Å². The van der Waals surface area contributed by atoms with Gasteiger partial charge in [-0.15, -0.1) is 5.10 Å². The summed E-state index contributed by atoms with van der Waals surface area (Å²) in [6.07, 6.45) is 3.03. The van der Waals surface area contributed by atoms with E-state index in [-0.39, 0.29) is 12.4 Å². The van der Waals surface area contributed by atoms with E-state index in [1.165, 1.54) is 18.1 Å². The Hall–Kier alpha value is -3.00. The Bertz CT molecular complexity index is 928. The van der Waals surface area contributed by atoms with Gasteiger partial charge in [-0.3, -0.25) is 0 Å². The van der Waals surface area contributed by atoms with Crippen molar-refractivity contribution in [2.45, 2.75) is 13.5 Å². The Balaban J connectivity index is 1.92. The van der Waals surface area contributed by atoms with Gasteiger partial charge in [-0.1, -0.05) is 23.7 Å². The van der Waals surface area contributed by atoms with E-state index in [1.807, 2.05) is 19.1 Å². The number of methoxy groups -OCH3 is 1. The van der Waals surface area contributed by atoms with Crippen molar-refractivity contribution in [3.63, 3.8) is 0 Å². The molecule has 3 aromatic rings. The second kappa shape index (κ2) is 7.92. The maximum atomic E-state index is 11.4. The van der Waals surface area contributed by atoms with Gasteiger partial charge in [0.25, 0.3) is 5.82 Å². The number of halogens is 1. The van der Waals surface area contributed by atoms with Gasteiger partial charge in [0.1, 0.15) is 12.0 Å². The lowest BCUT2D eigenvalue weighted by molar-refractivity contribution is 0.0586. The van der Waals surface area contributed by atoms with E-state index >= 15 is 0 Å². The molecule has 3 rings (SSSR count). The fourth-order valence-corrected chi connectivity index (χ4v) is 2.47. The number of aromatic nitrogens is 5. The highest BCUT2D eigenvalue weighted by Gasteiger charge is 2.14. The Morgan fingerprint density at radius 1 is 1.31 bits per heavy atom. The van der Waals surface area contributed by atoms with Gasteiger partial charge in [0.05, 0.1) is 32.2 Å². The molecule has 0 saturated carbocycles. The third-order valence-electron chi connectivity index (χ3n) is 3.40. The molecular weight excluding hydrogens is 358 g/mol. The second-order valence-corrected chi connectivity index (χ2v) is 5.65. The molecule has 0 bridgehead atoms. The molecule has 0 aliphatic carbocycles. The second-order valence-electron chi connectivity index (χ2n) is 5.22. The average Bonchev–Trinajstić information content (AvgIpc) is 3.11. The minimum atomic E-state index is -0.596. The normalized spacial score (nSPS) is 10.6. The number of esters is 1. The molecule has 0 amide bonds. The zero-order valence-electron chi connectivity index (χ0n) is 14.2. The van der Waals surface area contributed by atoms with Gasteiger partial charge >= 0.3 is 5.97 Å². The number of hydrogen-bond donors (Lipinski definition) is 0. The van der Waals surface area contributed by atoms with Crippen molar-refractivity contribution in [3.05, 3.63) is 53.3 Å². The first-order valence-corrected chi connectivity index (χ1v) is 8.21. The van der Waals surface area contributed by atoms with Crippen LogP contribution in [0.3, 0.4) is 0 Å². The van der Waals surface area contributed by atoms with E-state index in [0.29, 0.717) is 28.9 Å². The van der Waals surface area contributed by atoms with Crippen LogP contribution in [0.4, 0.5) is 0 Å². The van der Waals surface area contributed by atoms with Crippen LogP contribution in [0.2, 0.25) is 5.02 Å². The maximum absolute atomic E-state index is 11.4. The Morgan fingerprint density at radius 2 is 2.15 bits per heavy atom. The number of hydrogen-bond acceptors (Lipinski definition) is 7. The fourth-order valence-electron chi connectivity index (χ4n) is 2.28. The zero-order chi connectivity index (χ0) is 18.5. The topological polar surface area (TPSA) is 92.0 Å². The molecule has 26 heavy (non-hydrogen) atoms. The van der Waals surface area contributed by atoms with Crippen molar-refractivity contribution in [2.24, 2.45) is 0 Å². The van der Waals surface area contributed by atoms with Crippen LogP contribution in [0, 0.1) is 0 Å². The van der Waals surface area contributed by atoms with Gasteiger partial charge in [-0.05, 0) is 19.1 Å². The SMILES string of the molecule is CCOc1ncc(Cn2cnc(C(=O)OC)n2)nc1-c1cccc(Cl)c1. The van der Waals surface area contributed by atoms with Crippen molar-refractivity contribution >= 4 is 17.6 Å². The summed E-state index contributed by atoms with van der Waals surface area (Å²) < 4.78 is 11.7. The smallest absolute Gasteiger partial charge is 0.377 e. The number of nitrogens with zero attached hydrogens (tertiary/aromatic N) is 5. The van der Waals surface area contributed by atoms with Crippen molar-refractivity contribution in [2.75, 3.05) is 13.7 Å². The molecule has 0 fully saturated rings. The van der Waals surface area contributed by atoms with Crippen molar-refractivity contribution in [1.82, 2.24) is 24.7 Å². The lowest BCUT2D eigenvalue weighted by Gasteiger charge is -2.10. The number of carbonyl (C=O) groups is 1. The quantitative estimate of drug-likeness (QED) is 0.613. The molecule has 0 radical (unpaired) electrons. The molecule has 2 heterocycles. The van der Waals surface area contributed by atoms with Crippen LogP contribution in [0.15, 0.2) is 36.8 Å². The zero-order valence-corrected chi connectivity index (χ0v) is 15.0. The summed E-state index contributed by atoms with van der Waals surface area (Å²) in [4.78, 5) is 24.3. The molecular formula is C17H16ClN5O3. The summed E-state index contributed by atoms with van der Waals surface area (Å²) in [6.45, 7) is 2.63. The molecule has 0 aliphatic heterocycles. The molecule has 0 spiro atoms. The van der Waals surface area contributed by atoms with Gasteiger partial charge < -0.3 is 9.47 Å². The summed E-state index contributed by atoms with van der Waals surface area (Å²) in [6, 6.07) is 7.30. The molecule has 0 N–H and O–H groups in total. The van der Waals surface area contributed by atoms with Crippen LogP contribution in [-0.2, 0) is 11.3 Å². The highest BCUT2D eigenvalue weighted by atomic mass is 35.5. The lowest BCUT2D eigenvalue weighted by atomic mass is 10.1. The monoisotopic (exact) mass is 373 g/mol. The number of rotatable bonds is 6. The molecule has 2 aromatic heterocycles. The summed E-state index contributed by atoms with van der Waals surface area (Å²) in [5.41, 5.74) is 2.01. The van der Waals surface area contributed by atoms with Crippen LogP contribution in [0.1, 0.15) is 23.2 Å². The fraction of sp³-hybridized carbons (Fsp3) is 0.235. The number of carbonyl (C=O) groups excluding carboxylic acids is 1. The Morgan fingerprint density at radius 3 is 2.88 bits per heavy atom. The summed E-state index contributed by atoms with van der Waals surface area (Å²) >= 11 is 6.08. The van der Waals surface area contributed by atoms with Gasteiger partial charge in [0.15, 0.2) is 0 Å². The van der Waals surface area contributed by atoms with E-state index in [0.717, 1.165) is 5.56 Å². The molecule has 0 saturated heterocycles. The van der Waals surface area contributed by atoms with Gasteiger partial charge in [0, 0.05) is 10.6 Å². The highest BCUT2D eigenvalue weighted by Crippen LogP contribution is 2.28. The van der Waals surface area contributed by atoms with Crippen molar-refractivity contribution in [3.8, 4) is 17.1 Å². The third kappa shape index (κ3) is 3.97. The van der Waals surface area contributed by atoms with Crippen LogP contribution < -0.4 is 4.74 Å². The first-order chi connectivity index (χ1) is 12.6. The number of ether oxygens (including phenoxy) is 2. The molecule has 8 nitrogen and oxygen atoms in total. The van der Waals surface area contributed by atoms with Gasteiger partial charge in [0.2, 0.25) is 5.88 Å². The van der Waals surface area contributed by atoms with Gasteiger partial charge in [-0.2, -0.15) is 0 Å². The van der Waals surface area contributed by atoms with Crippen LogP contribution >= 0.6 is 11.6 Å². The van der Waals surface area contributed by atoms with Crippen LogP contribution in [0.25, 0.3) is 11.3 Å². The lowest BCUT2D eigenvalue weighted by Crippen LogP contribution is -2.08. The highest BCUT2D eigenvalue weighted by molar-refractivity contribution is 6.30. The standard InChI is InChI=1S/C17H16ClN5O3/c1-3-26-16-14(11-5-4-6-12(18)7-11)21-13(8-19-16)9-23-10-20-15(22-23)17(24)25-2/h4-8,10H,3,9H2,1-2H3. The molecule has 1 aromatic carbocycles. The minimum Gasteiger partial charge on any atom is -0.476 e. The first-order valence-electron chi connectivity index (χ1n) is 7.83. The molecule has 0 atom stereocenters. The first kappa shape index (κ1) is 17.8. The van der Waals surface area contributed by atoms with E-state index < -0.39 is 5.97 Å². The predicted octanol–water partition coefficient (Wildman–Crippen LogP) is 2.62. The molecule has 9 heteroatoms. The average molecular weight is 374 g/mol. The Labute approximate surface area is 154 Å². The summed E-state index contributed by atoms with van der Waals surface area (Å²) in [7, 11) is 1.28. The van der Waals surface area contributed by atoms with E-state index in [4.69, 9.17) is 16.3 Å².